The largest absolute Gasteiger partial charge is 0.486 e. The highest BCUT2D eigenvalue weighted by molar-refractivity contribution is 9.10. The molecule has 4 aromatic rings. The van der Waals surface area contributed by atoms with Crippen molar-refractivity contribution < 1.29 is 9.66 Å². The molecular formula is C26H16BrClN2O3. The Morgan fingerprint density at radius 1 is 1.06 bits per heavy atom. The zero-order chi connectivity index (χ0) is 23.4. The van der Waals surface area contributed by atoms with Crippen molar-refractivity contribution in [2.24, 2.45) is 0 Å². The van der Waals surface area contributed by atoms with Crippen LogP contribution in [0, 0.1) is 21.4 Å². The van der Waals surface area contributed by atoms with Gasteiger partial charge in [0.1, 0.15) is 6.61 Å². The quantitative estimate of drug-likeness (QED) is 0.113. The molecular weight excluding hydrogens is 504 g/mol. The van der Waals surface area contributed by atoms with E-state index < -0.39 is 4.92 Å². The van der Waals surface area contributed by atoms with Gasteiger partial charge in [0.05, 0.1) is 26.1 Å². The third-order valence-corrected chi connectivity index (χ3v) is 5.91. The molecule has 33 heavy (non-hydrogen) atoms. The topological polar surface area (TPSA) is 76.2 Å². The Kier molecular flexibility index (Phi) is 6.74. The number of nitriles is 1. The summed E-state index contributed by atoms with van der Waals surface area (Å²) in [7, 11) is 0. The van der Waals surface area contributed by atoms with Crippen LogP contribution in [0.25, 0.3) is 22.4 Å². The van der Waals surface area contributed by atoms with Crippen molar-refractivity contribution in [2.75, 3.05) is 0 Å². The van der Waals surface area contributed by atoms with Crippen LogP contribution in [0.5, 0.6) is 5.75 Å². The van der Waals surface area contributed by atoms with Crippen molar-refractivity contribution in [3.63, 3.8) is 0 Å². The molecule has 0 saturated heterocycles. The Bertz CT molecular complexity index is 1400. The number of rotatable bonds is 6. The van der Waals surface area contributed by atoms with Crippen molar-refractivity contribution in [1.29, 1.82) is 5.26 Å². The Balaban J connectivity index is 1.56. The molecule has 0 aromatic heterocycles. The van der Waals surface area contributed by atoms with Crippen LogP contribution >= 0.6 is 27.5 Å². The number of nitro groups is 1. The van der Waals surface area contributed by atoms with Gasteiger partial charge in [0, 0.05) is 12.1 Å². The number of ether oxygens (including phenoxy) is 1. The molecule has 0 amide bonds. The molecule has 7 heteroatoms. The number of allylic oxidation sites excluding steroid dienone is 1. The summed E-state index contributed by atoms with van der Waals surface area (Å²) in [6, 6.07) is 25.9. The number of hydrogen-bond donors (Lipinski definition) is 0. The Morgan fingerprint density at radius 3 is 2.45 bits per heavy atom. The summed E-state index contributed by atoms with van der Waals surface area (Å²) in [5, 5.41) is 23.1. The molecule has 162 valence electrons. The molecule has 0 saturated carbocycles. The zero-order valence-corrected chi connectivity index (χ0v) is 19.5. The van der Waals surface area contributed by atoms with Crippen molar-refractivity contribution in [3.8, 4) is 11.8 Å². The normalized spacial score (nSPS) is 11.2. The van der Waals surface area contributed by atoms with Gasteiger partial charge in [-0.3, -0.25) is 10.1 Å². The molecule has 0 radical (unpaired) electrons. The third kappa shape index (κ3) is 5.23. The van der Waals surface area contributed by atoms with E-state index in [0.717, 1.165) is 27.5 Å². The maximum atomic E-state index is 10.8. The zero-order valence-electron chi connectivity index (χ0n) is 17.2. The van der Waals surface area contributed by atoms with E-state index in [0.29, 0.717) is 20.8 Å². The summed E-state index contributed by atoms with van der Waals surface area (Å²) in [6.45, 7) is 0.200. The van der Waals surface area contributed by atoms with Gasteiger partial charge in [-0.05, 0) is 79.8 Å². The molecule has 0 N–H and O–H groups in total. The lowest BCUT2D eigenvalue weighted by molar-refractivity contribution is -0.384. The van der Waals surface area contributed by atoms with Gasteiger partial charge in [-0.2, -0.15) is 5.26 Å². The lowest BCUT2D eigenvalue weighted by Gasteiger charge is -2.11. The fourth-order valence-electron chi connectivity index (χ4n) is 3.37. The summed E-state index contributed by atoms with van der Waals surface area (Å²) in [6.07, 6.45) is 1.78. The Labute approximate surface area is 203 Å². The minimum Gasteiger partial charge on any atom is -0.486 e. The fourth-order valence-corrected chi connectivity index (χ4v) is 4.36. The summed E-state index contributed by atoms with van der Waals surface area (Å²) in [5.41, 5.74) is 2.88. The number of fused-ring (bicyclic) bond motifs is 1. The van der Waals surface area contributed by atoms with Gasteiger partial charge in [0.25, 0.3) is 5.69 Å². The molecule has 4 aromatic carbocycles. The van der Waals surface area contributed by atoms with E-state index in [1.165, 1.54) is 12.1 Å². The summed E-state index contributed by atoms with van der Waals surface area (Å²) >= 11 is 9.95. The summed E-state index contributed by atoms with van der Waals surface area (Å²) in [4.78, 5) is 10.3. The average Bonchev–Trinajstić information content (AvgIpc) is 2.82. The second kappa shape index (κ2) is 9.86. The van der Waals surface area contributed by atoms with Gasteiger partial charge in [-0.25, -0.2) is 0 Å². The van der Waals surface area contributed by atoms with Gasteiger partial charge in [0.15, 0.2) is 5.75 Å². The van der Waals surface area contributed by atoms with E-state index >= 15 is 0 Å². The van der Waals surface area contributed by atoms with Gasteiger partial charge in [0.2, 0.25) is 0 Å². The first kappa shape index (κ1) is 22.5. The first-order valence-electron chi connectivity index (χ1n) is 9.91. The van der Waals surface area contributed by atoms with E-state index in [1.807, 2.05) is 48.5 Å². The fraction of sp³-hybridized carbons (Fsp3) is 0.0385. The molecule has 0 aliphatic rings. The van der Waals surface area contributed by atoms with Gasteiger partial charge < -0.3 is 4.74 Å². The lowest BCUT2D eigenvalue weighted by atomic mass is 10.00. The van der Waals surface area contributed by atoms with Crippen molar-refractivity contribution in [2.45, 2.75) is 6.61 Å². The number of benzene rings is 4. The average molecular weight is 520 g/mol. The minimum absolute atomic E-state index is 0.0220. The Morgan fingerprint density at radius 2 is 1.79 bits per heavy atom. The van der Waals surface area contributed by atoms with E-state index in [1.54, 1.807) is 24.3 Å². The molecule has 0 bridgehead atoms. The second-order valence-corrected chi connectivity index (χ2v) is 8.52. The van der Waals surface area contributed by atoms with Crippen LogP contribution in [0.2, 0.25) is 5.02 Å². The molecule has 5 nitrogen and oxygen atoms in total. The predicted molar refractivity (Wildman–Crippen MR) is 134 cm³/mol. The number of non-ortho nitro benzene ring substituents is 1. The van der Waals surface area contributed by atoms with E-state index in [2.05, 4.69) is 22.0 Å². The lowest BCUT2D eigenvalue weighted by Crippen LogP contribution is -1.98. The standard InChI is InChI=1S/C26H16BrClN2O3/c27-24-12-18(11-22(15-29)21-8-7-19-3-1-2-4-20(19)14-21)13-25(28)26(24)33-16-17-5-9-23(10-6-17)30(31)32/h1-14H,16H2/b22-11-. The highest BCUT2D eigenvalue weighted by atomic mass is 79.9. The van der Waals surface area contributed by atoms with E-state index in [4.69, 9.17) is 16.3 Å². The summed E-state index contributed by atoms with van der Waals surface area (Å²) in [5.74, 6) is 0.455. The molecule has 0 aliphatic heterocycles. The highest BCUT2D eigenvalue weighted by Crippen LogP contribution is 2.36. The van der Waals surface area contributed by atoms with E-state index in [-0.39, 0.29) is 12.3 Å². The van der Waals surface area contributed by atoms with Crippen LogP contribution in [0.15, 0.2) is 83.3 Å². The van der Waals surface area contributed by atoms with Crippen molar-refractivity contribution in [3.05, 3.63) is 115 Å². The number of hydrogen-bond acceptors (Lipinski definition) is 4. The SMILES string of the molecule is N#C/C(=C/c1cc(Cl)c(OCc2ccc([N+](=O)[O-])cc2)c(Br)c1)c1ccc2ccccc2c1. The molecule has 0 aliphatic carbocycles. The maximum absolute atomic E-state index is 10.8. The van der Waals surface area contributed by atoms with Gasteiger partial charge in [-0.15, -0.1) is 0 Å². The van der Waals surface area contributed by atoms with Crippen molar-refractivity contribution >= 4 is 55.6 Å². The van der Waals surface area contributed by atoms with Crippen molar-refractivity contribution in [1.82, 2.24) is 0 Å². The maximum Gasteiger partial charge on any atom is 0.269 e. The van der Waals surface area contributed by atoms with Crippen LogP contribution in [-0.4, -0.2) is 4.92 Å². The molecule has 0 unspecified atom stereocenters. The molecule has 4 rings (SSSR count). The molecule has 0 spiro atoms. The molecule has 0 atom stereocenters. The molecule has 0 heterocycles. The highest BCUT2D eigenvalue weighted by Gasteiger charge is 2.11. The Hall–Kier alpha value is -3.66. The number of nitrogens with zero attached hydrogens (tertiary/aromatic N) is 2. The predicted octanol–water partition coefficient (Wildman–Crippen LogP) is 7.81. The summed E-state index contributed by atoms with van der Waals surface area (Å²) < 4.78 is 6.48. The van der Waals surface area contributed by atoms with Crippen LogP contribution in [-0.2, 0) is 6.61 Å². The second-order valence-electron chi connectivity index (χ2n) is 7.26. The first-order valence-corrected chi connectivity index (χ1v) is 11.1. The van der Waals surface area contributed by atoms with Gasteiger partial charge >= 0.3 is 0 Å². The molecule has 0 fully saturated rings. The van der Waals surface area contributed by atoms with Crippen LogP contribution < -0.4 is 4.74 Å². The number of nitro benzene ring substituents is 1. The van der Waals surface area contributed by atoms with Gasteiger partial charge in [-0.1, -0.05) is 48.0 Å². The van der Waals surface area contributed by atoms with Crippen LogP contribution in [0.3, 0.4) is 0 Å². The van der Waals surface area contributed by atoms with E-state index in [9.17, 15) is 15.4 Å². The van der Waals surface area contributed by atoms with Crippen LogP contribution in [0.1, 0.15) is 16.7 Å². The number of halogens is 2. The minimum atomic E-state index is -0.447. The van der Waals surface area contributed by atoms with Crippen LogP contribution in [0.4, 0.5) is 5.69 Å². The smallest absolute Gasteiger partial charge is 0.269 e. The monoisotopic (exact) mass is 518 g/mol. The first-order chi connectivity index (χ1) is 15.9. The third-order valence-electron chi connectivity index (χ3n) is 5.04.